The van der Waals surface area contributed by atoms with Crippen LogP contribution >= 0.6 is 15.9 Å². The normalized spacial score (nSPS) is 19.8. The molecule has 0 aliphatic heterocycles. The van der Waals surface area contributed by atoms with Gasteiger partial charge in [0.05, 0.1) is 0 Å². The summed E-state index contributed by atoms with van der Waals surface area (Å²) in [6.45, 7) is 9.25. The molecule has 1 atom stereocenters. The van der Waals surface area contributed by atoms with E-state index in [9.17, 15) is 0 Å². The highest BCUT2D eigenvalue weighted by atomic mass is 79.9. The largest absolute Gasteiger partial charge is 0.0833 e. The van der Waals surface area contributed by atoms with Crippen molar-refractivity contribution in [1.29, 1.82) is 0 Å². The highest BCUT2D eigenvalue weighted by molar-refractivity contribution is 9.09. The molecule has 0 bridgehead atoms. The quantitative estimate of drug-likeness (QED) is 0.515. The molecule has 1 saturated carbocycles. The van der Waals surface area contributed by atoms with Gasteiger partial charge in [-0.05, 0) is 47.6 Å². The third-order valence-electron chi connectivity index (χ3n) is 4.85. The maximum atomic E-state index is 4.06. The first-order chi connectivity index (χ1) is 9.44. The van der Waals surface area contributed by atoms with Crippen LogP contribution in [0.3, 0.4) is 0 Å². The molecule has 0 nitrogen and oxygen atoms in total. The summed E-state index contributed by atoms with van der Waals surface area (Å²) in [4.78, 5) is 0.515. The van der Waals surface area contributed by atoms with E-state index in [0.717, 1.165) is 5.92 Å². The number of rotatable bonds is 5. The first kappa shape index (κ1) is 16.1. The Labute approximate surface area is 133 Å². The van der Waals surface area contributed by atoms with Crippen LogP contribution in [0.15, 0.2) is 24.3 Å². The topological polar surface area (TPSA) is 0 Å². The lowest BCUT2D eigenvalue weighted by Crippen LogP contribution is -2.24. The zero-order chi connectivity index (χ0) is 14.8. The molecule has 0 radical (unpaired) electrons. The fourth-order valence-electron chi connectivity index (χ4n) is 3.86. The molecule has 20 heavy (non-hydrogen) atoms. The number of halogens is 1. The number of alkyl halides is 1. The van der Waals surface area contributed by atoms with Crippen LogP contribution in [0.2, 0.25) is 0 Å². The Morgan fingerprint density at radius 2 is 1.45 bits per heavy atom. The van der Waals surface area contributed by atoms with Gasteiger partial charge in [0.1, 0.15) is 0 Å². The van der Waals surface area contributed by atoms with Crippen LogP contribution in [0, 0.1) is 11.3 Å². The highest BCUT2D eigenvalue weighted by Crippen LogP contribution is 2.55. The molecule has 0 spiro atoms. The van der Waals surface area contributed by atoms with Gasteiger partial charge >= 0.3 is 0 Å². The highest BCUT2D eigenvalue weighted by Gasteiger charge is 2.40. The summed E-state index contributed by atoms with van der Waals surface area (Å²) >= 11 is 4.06. The smallest absolute Gasteiger partial charge is 0.0451 e. The van der Waals surface area contributed by atoms with Crippen molar-refractivity contribution < 1.29 is 0 Å². The van der Waals surface area contributed by atoms with E-state index < -0.39 is 0 Å². The second-order valence-electron chi connectivity index (χ2n) is 7.35. The average Bonchev–Trinajstić information content (AvgIpc) is 2.87. The van der Waals surface area contributed by atoms with E-state index >= 15 is 0 Å². The van der Waals surface area contributed by atoms with Crippen LogP contribution in [-0.2, 0) is 0 Å². The van der Waals surface area contributed by atoms with Crippen LogP contribution in [0.5, 0.6) is 0 Å². The minimum Gasteiger partial charge on any atom is -0.0833 e. The van der Waals surface area contributed by atoms with Gasteiger partial charge in [-0.3, -0.25) is 0 Å². The predicted molar refractivity (Wildman–Crippen MR) is 92.6 cm³/mol. The number of benzene rings is 1. The molecule has 1 heteroatoms. The van der Waals surface area contributed by atoms with Crippen molar-refractivity contribution in [2.75, 3.05) is 0 Å². The molecule has 1 aromatic rings. The van der Waals surface area contributed by atoms with Crippen LogP contribution in [0.25, 0.3) is 0 Å². The van der Waals surface area contributed by atoms with Crippen molar-refractivity contribution in [1.82, 2.24) is 0 Å². The fraction of sp³-hybridized carbons (Fsp3) is 0.684. The first-order valence-electron chi connectivity index (χ1n) is 8.18. The number of hydrogen-bond acceptors (Lipinski definition) is 0. The summed E-state index contributed by atoms with van der Waals surface area (Å²) in [6.07, 6.45) is 6.91. The minimum absolute atomic E-state index is 0.480. The van der Waals surface area contributed by atoms with E-state index in [1.807, 2.05) is 0 Å². The Bertz CT molecular complexity index is 410. The van der Waals surface area contributed by atoms with Crippen LogP contribution < -0.4 is 0 Å². The summed E-state index contributed by atoms with van der Waals surface area (Å²) in [5.41, 5.74) is 3.39. The Balaban J connectivity index is 2.21. The molecule has 1 aromatic carbocycles. The molecule has 0 heterocycles. The standard InChI is InChI=1S/C19H29Br/c1-14(2)13-19(11-5-6-12-19)18(20)17-9-7-16(8-10-17)15(3)4/h7-10,14-15,18H,5-6,11-13H2,1-4H3. The van der Waals surface area contributed by atoms with Gasteiger partial charge in [0.15, 0.2) is 0 Å². The van der Waals surface area contributed by atoms with Crippen LogP contribution in [-0.4, -0.2) is 0 Å². The third-order valence-corrected chi connectivity index (χ3v) is 6.35. The molecule has 1 fully saturated rings. The van der Waals surface area contributed by atoms with E-state index in [4.69, 9.17) is 0 Å². The van der Waals surface area contributed by atoms with Gasteiger partial charge < -0.3 is 0 Å². The lowest BCUT2D eigenvalue weighted by molar-refractivity contribution is 0.230. The lowest BCUT2D eigenvalue weighted by atomic mass is 9.74. The van der Waals surface area contributed by atoms with Crippen molar-refractivity contribution in [3.8, 4) is 0 Å². The zero-order valence-corrected chi connectivity index (χ0v) is 15.0. The second kappa shape index (κ2) is 6.64. The SMILES string of the molecule is CC(C)CC1(C(Br)c2ccc(C(C)C)cc2)CCCC1. The van der Waals surface area contributed by atoms with Gasteiger partial charge in [-0.1, -0.05) is 80.7 Å². The van der Waals surface area contributed by atoms with Gasteiger partial charge in [-0.15, -0.1) is 0 Å². The molecule has 1 aliphatic rings. The van der Waals surface area contributed by atoms with Crippen molar-refractivity contribution in [3.63, 3.8) is 0 Å². The van der Waals surface area contributed by atoms with Gasteiger partial charge in [-0.2, -0.15) is 0 Å². The summed E-state index contributed by atoms with van der Waals surface area (Å²) in [6, 6.07) is 9.31. The molecule has 1 unspecified atom stereocenters. The molecule has 112 valence electrons. The van der Waals surface area contributed by atoms with E-state index in [-0.39, 0.29) is 0 Å². The Morgan fingerprint density at radius 3 is 1.90 bits per heavy atom. The number of hydrogen-bond donors (Lipinski definition) is 0. The van der Waals surface area contributed by atoms with Crippen molar-refractivity contribution >= 4 is 15.9 Å². The zero-order valence-electron chi connectivity index (χ0n) is 13.5. The summed E-state index contributed by atoms with van der Waals surface area (Å²) < 4.78 is 0. The maximum absolute atomic E-state index is 4.06. The maximum Gasteiger partial charge on any atom is 0.0451 e. The van der Waals surface area contributed by atoms with Crippen molar-refractivity contribution in [3.05, 3.63) is 35.4 Å². The second-order valence-corrected chi connectivity index (χ2v) is 8.27. The summed E-state index contributed by atoms with van der Waals surface area (Å²) in [5.74, 6) is 1.40. The van der Waals surface area contributed by atoms with Gasteiger partial charge in [0, 0.05) is 4.83 Å². The lowest BCUT2D eigenvalue weighted by Gasteiger charge is -2.36. The molecule has 0 N–H and O–H groups in total. The van der Waals surface area contributed by atoms with E-state index in [0.29, 0.717) is 16.2 Å². The predicted octanol–water partition coefficient (Wildman–Crippen LogP) is 6.85. The third kappa shape index (κ3) is 3.47. The minimum atomic E-state index is 0.480. The summed E-state index contributed by atoms with van der Waals surface area (Å²) in [5, 5.41) is 0. The monoisotopic (exact) mass is 336 g/mol. The summed E-state index contributed by atoms with van der Waals surface area (Å²) in [7, 11) is 0. The molecule has 0 amide bonds. The van der Waals surface area contributed by atoms with E-state index in [2.05, 4.69) is 67.9 Å². The molecular formula is C19H29Br. The molecule has 0 saturated heterocycles. The fourth-order valence-corrected chi connectivity index (χ4v) is 4.81. The molecule has 0 aromatic heterocycles. The Hall–Kier alpha value is -0.300. The first-order valence-corrected chi connectivity index (χ1v) is 9.10. The molecule has 2 rings (SSSR count). The van der Waals surface area contributed by atoms with Crippen LogP contribution in [0.1, 0.15) is 81.7 Å². The average molecular weight is 337 g/mol. The van der Waals surface area contributed by atoms with Gasteiger partial charge in [-0.25, -0.2) is 0 Å². The Morgan fingerprint density at radius 1 is 0.950 bits per heavy atom. The van der Waals surface area contributed by atoms with Crippen molar-refractivity contribution in [2.24, 2.45) is 11.3 Å². The van der Waals surface area contributed by atoms with E-state index in [1.54, 1.807) is 0 Å². The van der Waals surface area contributed by atoms with Gasteiger partial charge in [0.2, 0.25) is 0 Å². The molecule has 1 aliphatic carbocycles. The van der Waals surface area contributed by atoms with Gasteiger partial charge in [0.25, 0.3) is 0 Å². The molecular weight excluding hydrogens is 308 g/mol. The van der Waals surface area contributed by atoms with Crippen molar-refractivity contribution in [2.45, 2.75) is 70.5 Å². The Kier molecular flexibility index (Phi) is 5.34. The van der Waals surface area contributed by atoms with E-state index in [1.165, 1.54) is 43.2 Å². The van der Waals surface area contributed by atoms with Crippen LogP contribution in [0.4, 0.5) is 0 Å².